The molecule has 0 bridgehead atoms. The van der Waals surface area contributed by atoms with Crippen LogP contribution < -0.4 is 0 Å². The monoisotopic (exact) mass is 265 g/mol. The highest BCUT2D eigenvalue weighted by Gasteiger charge is 2.27. The molecule has 1 N–H and O–H groups in total. The van der Waals surface area contributed by atoms with Crippen molar-refractivity contribution >= 4 is 11.9 Å². The van der Waals surface area contributed by atoms with Crippen molar-refractivity contribution in [2.24, 2.45) is 0 Å². The maximum Gasteiger partial charge on any atom is 0.356 e. The quantitative estimate of drug-likeness (QED) is 0.833. The molecule has 1 aliphatic heterocycles. The fourth-order valence-corrected chi connectivity index (χ4v) is 2.05. The number of ether oxygens (including phenoxy) is 1. The van der Waals surface area contributed by atoms with Gasteiger partial charge in [-0.25, -0.2) is 14.8 Å². The zero-order valence-corrected chi connectivity index (χ0v) is 10.7. The number of carbonyl (C=O) groups excluding carboxylic acids is 1. The second-order valence-corrected chi connectivity index (χ2v) is 4.56. The summed E-state index contributed by atoms with van der Waals surface area (Å²) in [6.45, 7) is 4.78. The summed E-state index contributed by atoms with van der Waals surface area (Å²) in [6.07, 6.45) is 2.22. The maximum absolute atomic E-state index is 12.2. The van der Waals surface area contributed by atoms with Crippen LogP contribution in [0.1, 0.15) is 34.8 Å². The summed E-state index contributed by atoms with van der Waals surface area (Å²) in [5, 5.41) is 8.72. The van der Waals surface area contributed by atoms with Crippen molar-refractivity contribution in [3.63, 3.8) is 0 Å². The van der Waals surface area contributed by atoms with Crippen LogP contribution in [-0.2, 0) is 4.74 Å². The van der Waals surface area contributed by atoms with Crippen molar-refractivity contribution < 1.29 is 19.4 Å². The molecule has 1 aliphatic rings. The molecule has 2 heterocycles. The first-order valence-corrected chi connectivity index (χ1v) is 5.97. The molecular formula is C12H15N3O4. The van der Waals surface area contributed by atoms with Crippen LogP contribution in [0.5, 0.6) is 0 Å². The lowest BCUT2D eigenvalue weighted by Crippen LogP contribution is -2.48. The molecule has 0 spiro atoms. The fraction of sp³-hybridized carbons (Fsp3) is 0.500. The van der Waals surface area contributed by atoms with E-state index in [9.17, 15) is 9.59 Å². The maximum atomic E-state index is 12.2. The van der Waals surface area contributed by atoms with Gasteiger partial charge in [-0.05, 0) is 13.8 Å². The second kappa shape index (κ2) is 5.31. The minimum Gasteiger partial charge on any atom is -0.476 e. The second-order valence-electron chi connectivity index (χ2n) is 4.56. The molecular weight excluding hydrogens is 250 g/mol. The summed E-state index contributed by atoms with van der Waals surface area (Å²) < 4.78 is 5.55. The topological polar surface area (TPSA) is 92.6 Å². The summed E-state index contributed by atoms with van der Waals surface area (Å²) in [6, 6.07) is 0. The lowest BCUT2D eigenvalue weighted by molar-refractivity contribution is -0.0587. The van der Waals surface area contributed by atoms with Crippen molar-refractivity contribution in [1.29, 1.82) is 0 Å². The van der Waals surface area contributed by atoms with E-state index in [0.29, 0.717) is 13.1 Å². The van der Waals surface area contributed by atoms with Crippen LogP contribution in [-0.4, -0.2) is 57.1 Å². The van der Waals surface area contributed by atoms with Gasteiger partial charge in [0.25, 0.3) is 5.91 Å². The Labute approximate surface area is 110 Å². The van der Waals surface area contributed by atoms with Gasteiger partial charge < -0.3 is 14.7 Å². The van der Waals surface area contributed by atoms with Gasteiger partial charge in [-0.15, -0.1) is 0 Å². The molecule has 0 radical (unpaired) electrons. The molecule has 0 aromatic carbocycles. The van der Waals surface area contributed by atoms with E-state index in [2.05, 4.69) is 9.97 Å². The van der Waals surface area contributed by atoms with Crippen molar-refractivity contribution in [1.82, 2.24) is 14.9 Å². The van der Waals surface area contributed by atoms with Crippen LogP contribution in [0.4, 0.5) is 0 Å². The van der Waals surface area contributed by atoms with Crippen LogP contribution in [0.25, 0.3) is 0 Å². The van der Waals surface area contributed by atoms with Crippen molar-refractivity contribution in [2.75, 3.05) is 13.1 Å². The first-order valence-electron chi connectivity index (χ1n) is 5.97. The highest BCUT2D eigenvalue weighted by atomic mass is 16.5. The molecule has 1 aromatic heterocycles. The number of carbonyl (C=O) groups is 2. The average molecular weight is 265 g/mol. The average Bonchev–Trinajstić information content (AvgIpc) is 2.37. The van der Waals surface area contributed by atoms with E-state index in [1.807, 2.05) is 13.8 Å². The Balaban J connectivity index is 2.12. The van der Waals surface area contributed by atoms with Gasteiger partial charge in [0.05, 0.1) is 24.6 Å². The minimum absolute atomic E-state index is 0.0287. The number of aromatic nitrogens is 2. The lowest BCUT2D eigenvalue weighted by Gasteiger charge is -2.35. The zero-order valence-electron chi connectivity index (χ0n) is 10.7. The Hall–Kier alpha value is -2.02. The first kappa shape index (κ1) is 13.4. The Kier molecular flexibility index (Phi) is 3.75. The summed E-state index contributed by atoms with van der Waals surface area (Å²) >= 11 is 0. The summed E-state index contributed by atoms with van der Waals surface area (Å²) in [4.78, 5) is 32.0. The Morgan fingerprint density at radius 1 is 1.21 bits per heavy atom. The fourth-order valence-electron chi connectivity index (χ4n) is 2.05. The minimum atomic E-state index is -1.17. The van der Waals surface area contributed by atoms with Gasteiger partial charge in [-0.1, -0.05) is 0 Å². The van der Waals surface area contributed by atoms with Gasteiger partial charge in [-0.3, -0.25) is 4.79 Å². The lowest BCUT2D eigenvalue weighted by atomic mass is 10.2. The molecule has 1 saturated heterocycles. The predicted octanol–water partition coefficient (Wildman–Crippen LogP) is 0.424. The highest BCUT2D eigenvalue weighted by Crippen LogP contribution is 2.13. The molecule has 102 valence electrons. The van der Waals surface area contributed by atoms with Crippen LogP contribution in [0.3, 0.4) is 0 Å². The van der Waals surface area contributed by atoms with E-state index >= 15 is 0 Å². The van der Waals surface area contributed by atoms with Crippen LogP contribution in [0.2, 0.25) is 0 Å². The Morgan fingerprint density at radius 3 is 2.21 bits per heavy atom. The van der Waals surface area contributed by atoms with Crippen LogP contribution in [0.15, 0.2) is 12.4 Å². The van der Waals surface area contributed by atoms with E-state index in [0.717, 1.165) is 6.20 Å². The molecule has 0 saturated carbocycles. The van der Waals surface area contributed by atoms with E-state index in [1.54, 1.807) is 4.90 Å². The van der Waals surface area contributed by atoms with Gasteiger partial charge in [0.1, 0.15) is 5.69 Å². The van der Waals surface area contributed by atoms with Gasteiger partial charge in [0.2, 0.25) is 0 Å². The number of hydrogen-bond donors (Lipinski definition) is 1. The van der Waals surface area contributed by atoms with E-state index in [4.69, 9.17) is 9.84 Å². The van der Waals surface area contributed by atoms with Gasteiger partial charge in [-0.2, -0.15) is 0 Å². The standard InChI is InChI=1S/C12H15N3O4/c1-7-5-15(6-8(2)19-7)11(16)9-3-14-10(4-13-9)12(17)18/h3-4,7-8H,5-6H2,1-2H3,(H,17,18). The van der Waals surface area contributed by atoms with E-state index < -0.39 is 5.97 Å². The molecule has 2 rings (SSSR count). The molecule has 2 atom stereocenters. The SMILES string of the molecule is CC1CN(C(=O)c2cnc(C(=O)O)cn2)CC(C)O1. The molecule has 1 aromatic rings. The number of aromatic carboxylic acids is 1. The van der Waals surface area contributed by atoms with Gasteiger partial charge in [0.15, 0.2) is 5.69 Å². The molecule has 19 heavy (non-hydrogen) atoms. The smallest absolute Gasteiger partial charge is 0.356 e. The number of amides is 1. The van der Waals surface area contributed by atoms with Crippen LogP contribution >= 0.6 is 0 Å². The molecule has 1 fully saturated rings. The van der Waals surface area contributed by atoms with Crippen LogP contribution in [0, 0.1) is 0 Å². The molecule has 0 aliphatic carbocycles. The largest absolute Gasteiger partial charge is 0.476 e. The number of nitrogens with zero attached hydrogens (tertiary/aromatic N) is 3. The number of hydrogen-bond acceptors (Lipinski definition) is 5. The number of morpholine rings is 1. The number of rotatable bonds is 2. The third-order valence-corrected chi connectivity index (χ3v) is 2.80. The number of carboxylic acids is 1. The predicted molar refractivity (Wildman–Crippen MR) is 64.9 cm³/mol. The van der Waals surface area contributed by atoms with Crippen molar-refractivity contribution in [3.05, 3.63) is 23.8 Å². The Morgan fingerprint density at radius 2 is 1.74 bits per heavy atom. The van der Waals surface area contributed by atoms with Crippen molar-refractivity contribution in [2.45, 2.75) is 26.1 Å². The summed E-state index contributed by atoms with van der Waals surface area (Å²) in [5.74, 6) is -1.42. The molecule has 7 heteroatoms. The molecule has 7 nitrogen and oxygen atoms in total. The van der Waals surface area contributed by atoms with Crippen molar-refractivity contribution in [3.8, 4) is 0 Å². The van der Waals surface area contributed by atoms with Gasteiger partial charge >= 0.3 is 5.97 Å². The third-order valence-electron chi connectivity index (χ3n) is 2.80. The summed E-state index contributed by atoms with van der Waals surface area (Å²) in [5.41, 5.74) is -0.0356. The number of carboxylic acid groups (broad SMARTS) is 1. The summed E-state index contributed by atoms with van der Waals surface area (Å²) in [7, 11) is 0. The molecule has 2 unspecified atom stereocenters. The third kappa shape index (κ3) is 3.05. The van der Waals surface area contributed by atoms with Gasteiger partial charge in [0, 0.05) is 13.1 Å². The Bertz CT molecular complexity index is 478. The van der Waals surface area contributed by atoms with E-state index in [-0.39, 0.29) is 29.5 Å². The first-order chi connectivity index (χ1) is 8.97. The van der Waals surface area contributed by atoms with E-state index in [1.165, 1.54) is 6.20 Å². The highest BCUT2D eigenvalue weighted by molar-refractivity contribution is 5.92. The zero-order chi connectivity index (χ0) is 14.0. The normalized spacial score (nSPS) is 23.2. The molecule has 1 amide bonds.